The second-order valence-electron chi connectivity index (χ2n) is 10.4. The van der Waals surface area contributed by atoms with Gasteiger partial charge in [0.15, 0.2) is 0 Å². The minimum Gasteiger partial charge on any atom is -0.376 e. The van der Waals surface area contributed by atoms with Crippen molar-refractivity contribution in [1.82, 2.24) is 10.3 Å². The van der Waals surface area contributed by atoms with Crippen molar-refractivity contribution in [2.45, 2.75) is 67.9 Å². The van der Waals surface area contributed by atoms with Crippen molar-refractivity contribution in [2.24, 2.45) is 11.8 Å². The Balaban J connectivity index is 2.16. The fraction of sp³-hybridized carbons (Fsp3) is 0.364. The maximum Gasteiger partial charge on any atom is 0.0938 e. The number of pyridine rings is 1. The van der Waals surface area contributed by atoms with Crippen LogP contribution in [0.15, 0.2) is 84.1 Å². The molecule has 1 atom stereocenters. The molecule has 1 heterocycles. The first kappa shape index (κ1) is 26.5. The van der Waals surface area contributed by atoms with Crippen LogP contribution in [0.25, 0.3) is 11.3 Å². The summed E-state index contributed by atoms with van der Waals surface area (Å²) < 4.78 is 0. The summed E-state index contributed by atoms with van der Waals surface area (Å²) in [5.74, 6) is 0.978. The van der Waals surface area contributed by atoms with E-state index in [4.69, 9.17) is 4.98 Å². The largest absolute Gasteiger partial charge is 0.376 e. The third-order valence-corrected chi connectivity index (χ3v) is 6.38. The van der Waals surface area contributed by atoms with Gasteiger partial charge in [0, 0.05) is 11.3 Å². The van der Waals surface area contributed by atoms with Crippen molar-refractivity contribution in [3.8, 4) is 11.3 Å². The van der Waals surface area contributed by atoms with E-state index in [2.05, 4.69) is 134 Å². The van der Waals surface area contributed by atoms with E-state index in [9.17, 15) is 0 Å². The summed E-state index contributed by atoms with van der Waals surface area (Å²) in [6.45, 7) is 17.7. The molecule has 35 heavy (non-hydrogen) atoms. The SMILES string of the molecule is C/C=C\C(=C(/CC(C)C)NC(c1ccccc1)c1cccc(-c2c(C)cc(C)cc2C)n1)C(C)C. The summed E-state index contributed by atoms with van der Waals surface area (Å²) in [6.07, 6.45) is 5.41. The zero-order valence-electron chi connectivity index (χ0n) is 22.8. The lowest BCUT2D eigenvalue weighted by atomic mass is 9.93. The Morgan fingerprint density at radius 1 is 0.886 bits per heavy atom. The van der Waals surface area contributed by atoms with E-state index in [0.29, 0.717) is 11.8 Å². The highest BCUT2D eigenvalue weighted by atomic mass is 15.0. The van der Waals surface area contributed by atoms with E-state index < -0.39 is 0 Å². The Labute approximate surface area is 213 Å². The standard InChI is InChI=1S/C33H42N2/c1-9-14-28(23(4)5)31(19-22(2)3)35-33(27-15-11-10-12-16-27)30-18-13-17-29(34-30)32-25(7)20-24(6)21-26(32)8/h9-18,20-23,33,35H,19H2,1-8H3/b14-9-,31-28-. The van der Waals surface area contributed by atoms with Crippen LogP contribution in [0.3, 0.4) is 0 Å². The van der Waals surface area contributed by atoms with Gasteiger partial charge in [-0.2, -0.15) is 0 Å². The number of hydrogen-bond acceptors (Lipinski definition) is 2. The van der Waals surface area contributed by atoms with Crippen LogP contribution in [-0.2, 0) is 0 Å². The van der Waals surface area contributed by atoms with Gasteiger partial charge < -0.3 is 5.32 Å². The molecule has 0 aliphatic rings. The second-order valence-corrected chi connectivity index (χ2v) is 10.4. The molecule has 0 aliphatic carbocycles. The van der Waals surface area contributed by atoms with Crippen molar-refractivity contribution in [1.29, 1.82) is 0 Å². The van der Waals surface area contributed by atoms with E-state index in [1.807, 2.05) is 0 Å². The molecular formula is C33H42N2. The molecule has 2 nitrogen and oxygen atoms in total. The summed E-state index contributed by atoms with van der Waals surface area (Å²) in [7, 11) is 0. The number of benzene rings is 2. The Kier molecular flexibility index (Phi) is 9.09. The average Bonchev–Trinajstić information content (AvgIpc) is 2.80. The number of nitrogens with zero attached hydrogens (tertiary/aromatic N) is 1. The van der Waals surface area contributed by atoms with Gasteiger partial charge in [0.1, 0.15) is 0 Å². The van der Waals surface area contributed by atoms with Gasteiger partial charge >= 0.3 is 0 Å². The molecule has 3 aromatic rings. The first-order valence-corrected chi connectivity index (χ1v) is 12.9. The van der Waals surface area contributed by atoms with Crippen LogP contribution in [-0.4, -0.2) is 4.98 Å². The molecule has 2 aromatic carbocycles. The lowest BCUT2D eigenvalue weighted by Gasteiger charge is -2.27. The minimum atomic E-state index is -0.0324. The molecule has 0 amide bonds. The lowest BCUT2D eigenvalue weighted by molar-refractivity contribution is 0.555. The molecule has 1 aromatic heterocycles. The van der Waals surface area contributed by atoms with Crippen LogP contribution in [0.1, 0.15) is 75.0 Å². The van der Waals surface area contributed by atoms with Gasteiger partial charge in [-0.25, -0.2) is 0 Å². The van der Waals surface area contributed by atoms with Gasteiger partial charge in [0.25, 0.3) is 0 Å². The Morgan fingerprint density at radius 3 is 2.11 bits per heavy atom. The summed E-state index contributed by atoms with van der Waals surface area (Å²) in [5.41, 5.74) is 11.0. The third-order valence-electron chi connectivity index (χ3n) is 6.38. The molecule has 0 fully saturated rings. The predicted octanol–water partition coefficient (Wildman–Crippen LogP) is 8.89. The van der Waals surface area contributed by atoms with Gasteiger partial charge in [-0.15, -0.1) is 0 Å². The maximum absolute atomic E-state index is 5.25. The zero-order chi connectivity index (χ0) is 25.5. The molecule has 0 bridgehead atoms. The molecule has 184 valence electrons. The molecule has 1 N–H and O–H groups in total. The average molecular weight is 467 g/mol. The van der Waals surface area contributed by atoms with Crippen LogP contribution < -0.4 is 5.32 Å². The van der Waals surface area contributed by atoms with Crippen LogP contribution in [0.4, 0.5) is 0 Å². The van der Waals surface area contributed by atoms with Crippen LogP contribution in [0, 0.1) is 32.6 Å². The highest BCUT2D eigenvalue weighted by Gasteiger charge is 2.21. The fourth-order valence-corrected chi connectivity index (χ4v) is 4.97. The summed E-state index contributed by atoms with van der Waals surface area (Å²) in [5, 5.41) is 3.97. The zero-order valence-corrected chi connectivity index (χ0v) is 22.8. The Bertz CT molecular complexity index is 1160. The van der Waals surface area contributed by atoms with Gasteiger partial charge in [-0.1, -0.05) is 93.9 Å². The first-order chi connectivity index (χ1) is 16.7. The molecule has 0 radical (unpaired) electrons. The number of hydrogen-bond donors (Lipinski definition) is 1. The number of aryl methyl sites for hydroxylation is 3. The summed E-state index contributed by atoms with van der Waals surface area (Å²) in [4.78, 5) is 5.25. The smallest absolute Gasteiger partial charge is 0.0938 e. The molecule has 0 saturated carbocycles. The van der Waals surface area contributed by atoms with Crippen molar-refractivity contribution in [3.05, 3.63) is 112 Å². The summed E-state index contributed by atoms with van der Waals surface area (Å²) >= 11 is 0. The van der Waals surface area contributed by atoms with Gasteiger partial charge in [0.05, 0.1) is 17.4 Å². The van der Waals surface area contributed by atoms with E-state index in [0.717, 1.165) is 17.8 Å². The van der Waals surface area contributed by atoms with Crippen LogP contribution in [0.5, 0.6) is 0 Å². The number of nitrogens with one attached hydrogen (secondary N) is 1. The van der Waals surface area contributed by atoms with Crippen molar-refractivity contribution in [2.75, 3.05) is 0 Å². The molecule has 0 aliphatic heterocycles. The minimum absolute atomic E-state index is 0.0324. The Morgan fingerprint density at radius 2 is 1.54 bits per heavy atom. The number of rotatable bonds is 9. The van der Waals surface area contributed by atoms with Gasteiger partial charge in [-0.3, -0.25) is 4.98 Å². The quantitative estimate of drug-likeness (QED) is 0.318. The van der Waals surface area contributed by atoms with Gasteiger partial charge in [0.2, 0.25) is 0 Å². The molecular weight excluding hydrogens is 424 g/mol. The Hall–Kier alpha value is -3.13. The summed E-state index contributed by atoms with van der Waals surface area (Å²) in [6, 6.07) is 21.6. The van der Waals surface area contributed by atoms with Crippen molar-refractivity contribution >= 4 is 0 Å². The molecule has 1 unspecified atom stereocenters. The van der Waals surface area contributed by atoms with Crippen LogP contribution in [0.2, 0.25) is 0 Å². The highest BCUT2D eigenvalue weighted by Crippen LogP contribution is 2.31. The van der Waals surface area contributed by atoms with E-state index in [-0.39, 0.29) is 6.04 Å². The number of aromatic nitrogens is 1. The molecule has 0 saturated heterocycles. The molecule has 2 heteroatoms. The van der Waals surface area contributed by atoms with Crippen molar-refractivity contribution in [3.63, 3.8) is 0 Å². The highest BCUT2D eigenvalue weighted by molar-refractivity contribution is 5.68. The van der Waals surface area contributed by atoms with Crippen LogP contribution >= 0.6 is 0 Å². The van der Waals surface area contributed by atoms with E-state index in [1.165, 1.54) is 39.1 Å². The predicted molar refractivity (Wildman–Crippen MR) is 151 cm³/mol. The second kappa shape index (κ2) is 12.0. The fourth-order valence-electron chi connectivity index (χ4n) is 4.97. The van der Waals surface area contributed by atoms with Gasteiger partial charge in [-0.05, 0) is 80.3 Å². The van der Waals surface area contributed by atoms with Crippen molar-refractivity contribution < 1.29 is 0 Å². The third kappa shape index (κ3) is 6.72. The first-order valence-electron chi connectivity index (χ1n) is 12.9. The molecule has 0 spiro atoms. The van der Waals surface area contributed by atoms with E-state index in [1.54, 1.807) is 0 Å². The lowest BCUT2D eigenvalue weighted by Crippen LogP contribution is -2.26. The molecule has 3 rings (SSSR count). The topological polar surface area (TPSA) is 24.9 Å². The number of allylic oxidation sites excluding steroid dienone is 4. The monoisotopic (exact) mass is 466 g/mol. The maximum atomic E-state index is 5.25. The van der Waals surface area contributed by atoms with E-state index >= 15 is 0 Å². The normalized spacial score (nSPS) is 13.4.